The Morgan fingerprint density at radius 1 is 1.64 bits per heavy atom. The Kier molecular flexibility index (Phi) is 2.45. The molecule has 2 rings (SSSR count). The van der Waals surface area contributed by atoms with Gasteiger partial charge in [0.2, 0.25) is 0 Å². The number of aliphatic hydroxyl groups is 1. The fourth-order valence-electron chi connectivity index (χ4n) is 1.73. The maximum absolute atomic E-state index is 10.3. The Morgan fingerprint density at radius 2 is 2.43 bits per heavy atom. The zero-order chi connectivity index (χ0) is 10.2. The van der Waals surface area contributed by atoms with Gasteiger partial charge in [-0.15, -0.1) is 11.3 Å². The molecular weight excluding hydrogens is 194 g/mol. The van der Waals surface area contributed by atoms with Gasteiger partial charge in [-0.1, -0.05) is 19.1 Å². The second kappa shape index (κ2) is 3.48. The summed E-state index contributed by atoms with van der Waals surface area (Å²) in [5.41, 5.74) is 0.000208. The summed E-state index contributed by atoms with van der Waals surface area (Å²) in [6.45, 7) is 4.13. The highest BCUT2D eigenvalue weighted by Gasteiger charge is 2.31. The standard InChI is InChI=1S/C11H15NOS/c1-8-3-5-11(13,6-4-8)10-7-14-9(2)12-10/h3,5,7-8,13H,4,6H2,1-2H3. The molecule has 3 heteroatoms. The van der Waals surface area contributed by atoms with Crippen LogP contribution in [0.2, 0.25) is 0 Å². The largest absolute Gasteiger partial charge is 0.379 e. The van der Waals surface area contributed by atoms with Gasteiger partial charge in [-0.2, -0.15) is 0 Å². The first-order valence-electron chi connectivity index (χ1n) is 4.94. The van der Waals surface area contributed by atoms with Crippen LogP contribution in [0.1, 0.15) is 30.5 Å². The number of hydrogen-bond acceptors (Lipinski definition) is 3. The molecule has 1 aromatic heterocycles. The van der Waals surface area contributed by atoms with Crippen LogP contribution in [-0.4, -0.2) is 10.1 Å². The number of aromatic nitrogens is 1. The lowest BCUT2D eigenvalue weighted by Gasteiger charge is -2.28. The van der Waals surface area contributed by atoms with Gasteiger partial charge in [0.15, 0.2) is 0 Å². The zero-order valence-corrected chi connectivity index (χ0v) is 9.34. The topological polar surface area (TPSA) is 33.1 Å². The number of rotatable bonds is 1. The van der Waals surface area contributed by atoms with Crippen molar-refractivity contribution in [2.45, 2.75) is 32.3 Å². The second-order valence-electron chi connectivity index (χ2n) is 4.05. The normalized spacial score (nSPS) is 32.1. The Labute approximate surface area is 88.3 Å². The third-order valence-corrected chi connectivity index (χ3v) is 3.52. The summed E-state index contributed by atoms with van der Waals surface area (Å²) >= 11 is 1.59. The fourth-order valence-corrected chi connectivity index (χ4v) is 2.42. The fraction of sp³-hybridized carbons (Fsp3) is 0.545. The molecule has 0 saturated carbocycles. The number of allylic oxidation sites excluding steroid dienone is 1. The average molecular weight is 209 g/mol. The predicted octanol–water partition coefficient (Wildman–Crippen LogP) is 2.63. The first kappa shape index (κ1) is 9.87. The molecule has 0 saturated heterocycles. The lowest BCUT2D eigenvalue weighted by Crippen LogP contribution is -2.27. The molecular formula is C11H15NOS. The molecule has 2 unspecified atom stereocenters. The predicted molar refractivity (Wildman–Crippen MR) is 58.3 cm³/mol. The van der Waals surface area contributed by atoms with E-state index in [-0.39, 0.29) is 0 Å². The maximum Gasteiger partial charge on any atom is 0.125 e. The highest BCUT2D eigenvalue weighted by atomic mass is 32.1. The second-order valence-corrected chi connectivity index (χ2v) is 5.11. The van der Waals surface area contributed by atoms with Gasteiger partial charge < -0.3 is 5.11 Å². The first-order chi connectivity index (χ1) is 6.60. The van der Waals surface area contributed by atoms with Gasteiger partial charge in [0, 0.05) is 5.38 Å². The van der Waals surface area contributed by atoms with E-state index in [1.165, 1.54) is 0 Å². The van der Waals surface area contributed by atoms with E-state index in [0.717, 1.165) is 23.5 Å². The summed E-state index contributed by atoms with van der Waals surface area (Å²) in [5, 5.41) is 13.3. The summed E-state index contributed by atoms with van der Waals surface area (Å²) < 4.78 is 0. The molecule has 1 aromatic rings. The van der Waals surface area contributed by atoms with E-state index in [2.05, 4.69) is 18.0 Å². The molecule has 76 valence electrons. The Morgan fingerprint density at radius 3 is 2.93 bits per heavy atom. The molecule has 0 bridgehead atoms. The van der Waals surface area contributed by atoms with Crippen molar-refractivity contribution in [3.8, 4) is 0 Å². The van der Waals surface area contributed by atoms with E-state index in [1.54, 1.807) is 11.3 Å². The molecule has 0 radical (unpaired) electrons. The highest BCUT2D eigenvalue weighted by molar-refractivity contribution is 7.09. The van der Waals surface area contributed by atoms with E-state index in [0.29, 0.717) is 5.92 Å². The Bertz CT molecular complexity index is 358. The monoisotopic (exact) mass is 209 g/mol. The molecule has 0 amide bonds. The summed E-state index contributed by atoms with van der Waals surface area (Å²) in [6, 6.07) is 0. The molecule has 1 heterocycles. The number of nitrogens with zero attached hydrogens (tertiary/aromatic N) is 1. The smallest absolute Gasteiger partial charge is 0.125 e. The molecule has 1 aliphatic rings. The third-order valence-electron chi connectivity index (χ3n) is 2.74. The molecule has 0 aliphatic heterocycles. The third kappa shape index (κ3) is 1.74. The van der Waals surface area contributed by atoms with E-state index < -0.39 is 5.60 Å². The van der Waals surface area contributed by atoms with Crippen molar-refractivity contribution < 1.29 is 5.11 Å². The lowest BCUT2D eigenvalue weighted by molar-refractivity contribution is 0.0634. The van der Waals surface area contributed by atoms with Crippen LogP contribution in [0.5, 0.6) is 0 Å². The molecule has 2 atom stereocenters. The number of hydrogen-bond donors (Lipinski definition) is 1. The van der Waals surface area contributed by atoms with Crippen LogP contribution in [0.3, 0.4) is 0 Å². The molecule has 0 fully saturated rings. The van der Waals surface area contributed by atoms with Crippen LogP contribution in [0, 0.1) is 12.8 Å². The number of thiazole rings is 1. The van der Waals surface area contributed by atoms with E-state index >= 15 is 0 Å². The lowest BCUT2D eigenvalue weighted by atomic mass is 9.84. The minimum Gasteiger partial charge on any atom is -0.379 e. The van der Waals surface area contributed by atoms with Crippen molar-refractivity contribution in [2.24, 2.45) is 5.92 Å². The van der Waals surface area contributed by atoms with Gasteiger partial charge in [-0.05, 0) is 25.7 Å². The van der Waals surface area contributed by atoms with Crippen LogP contribution in [0.25, 0.3) is 0 Å². The van der Waals surface area contributed by atoms with Crippen molar-refractivity contribution in [2.75, 3.05) is 0 Å². The van der Waals surface area contributed by atoms with Crippen LogP contribution >= 0.6 is 11.3 Å². The van der Waals surface area contributed by atoms with Crippen LogP contribution in [0.4, 0.5) is 0 Å². The molecule has 1 aliphatic carbocycles. The Hall–Kier alpha value is -0.670. The van der Waals surface area contributed by atoms with Crippen molar-refractivity contribution in [1.29, 1.82) is 0 Å². The minimum atomic E-state index is -0.808. The summed E-state index contributed by atoms with van der Waals surface area (Å²) in [7, 11) is 0. The molecule has 14 heavy (non-hydrogen) atoms. The van der Waals surface area contributed by atoms with Crippen molar-refractivity contribution >= 4 is 11.3 Å². The molecule has 0 spiro atoms. The van der Waals surface area contributed by atoms with Gasteiger partial charge in [0.25, 0.3) is 0 Å². The van der Waals surface area contributed by atoms with E-state index in [1.807, 2.05) is 18.4 Å². The molecule has 2 nitrogen and oxygen atoms in total. The van der Waals surface area contributed by atoms with Gasteiger partial charge >= 0.3 is 0 Å². The van der Waals surface area contributed by atoms with Gasteiger partial charge in [0.05, 0.1) is 10.7 Å². The average Bonchev–Trinajstić information content (AvgIpc) is 2.58. The van der Waals surface area contributed by atoms with Gasteiger partial charge in [-0.3, -0.25) is 0 Å². The molecule has 1 N–H and O–H groups in total. The van der Waals surface area contributed by atoms with Gasteiger partial charge in [0.1, 0.15) is 5.60 Å². The van der Waals surface area contributed by atoms with Crippen LogP contribution < -0.4 is 0 Å². The first-order valence-corrected chi connectivity index (χ1v) is 5.82. The van der Waals surface area contributed by atoms with E-state index in [9.17, 15) is 5.11 Å². The SMILES string of the molecule is Cc1nc(C2(O)C=CC(C)CC2)cs1. The van der Waals surface area contributed by atoms with Crippen molar-refractivity contribution in [3.63, 3.8) is 0 Å². The highest BCUT2D eigenvalue weighted by Crippen LogP contribution is 2.34. The Balaban J connectivity index is 2.29. The van der Waals surface area contributed by atoms with Crippen molar-refractivity contribution in [1.82, 2.24) is 4.98 Å². The number of aryl methyl sites for hydroxylation is 1. The van der Waals surface area contributed by atoms with Crippen LogP contribution in [-0.2, 0) is 5.60 Å². The summed E-state index contributed by atoms with van der Waals surface area (Å²) in [4.78, 5) is 4.35. The van der Waals surface area contributed by atoms with Crippen LogP contribution in [0.15, 0.2) is 17.5 Å². The summed E-state index contributed by atoms with van der Waals surface area (Å²) in [6.07, 6.45) is 5.80. The summed E-state index contributed by atoms with van der Waals surface area (Å²) in [5.74, 6) is 0.579. The maximum atomic E-state index is 10.3. The molecule has 0 aromatic carbocycles. The minimum absolute atomic E-state index is 0.579. The quantitative estimate of drug-likeness (QED) is 0.721. The van der Waals surface area contributed by atoms with E-state index in [4.69, 9.17) is 0 Å². The van der Waals surface area contributed by atoms with Gasteiger partial charge in [-0.25, -0.2) is 4.98 Å². The van der Waals surface area contributed by atoms with Crippen molar-refractivity contribution in [3.05, 3.63) is 28.2 Å². The zero-order valence-electron chi connectivity index (χ0n) is 8.53.